The number of nitrogens with one attached hydrogen (secondary N) is 1. The van der Waals surface area contributed by atoms with Crippen LogP contribution >= 0.6 is 54.5 Å². The van der Waals surface area contributed by atoms with Crippen LogP contribution in [0.2, 0.25) is 0 Å². The van der Waals surface area contributed by atoms with Gasteiger partial charge in [0.2, 0.25) is 0 Å². The van der Waals surface area contributed by atoms with E-state index in [0.717, 1.165) is 14.0 Å². The van der Waals surface area contributed by atoms with Crippen molar-refractivity contribution in [3.63, 3.8) is 0 Å². The van der Waals surface area contributed by atoms with Crippen molar-refractivity contribution in [2.24, 2.45) is 0 Å². The monoisotopic (exact) mass is 452 g/mol. The SMILES string of the molecule is O=C(O)CCCc1csc(NC(=O)c2cc(Br)c(Br)s2)n1. The van der Waals surface area contributed by atoms with E-state index in [9.17, 15) is 9.59 Å². The number of hydrogen-bond donors (Lipinski definition) is 2. The second-order valence-corrected chi connectivity index (χ2v) is 8.16. The number of rotatable bonds is 6. The van der Waals surface area contributed by atoms with E-state index in [4.69, 9.17) is 5.11 Å². The number of halogens is 2. The zero-order valence-electron chi connectivity index (χ0n) is 10.6. The molecular weight excluding hydrogens is 444 g/mol. The summed E-state index contributed by atoms with van der Waals surface area (Å²) in [6.45, 7) is 0. The second kappa shape index (κ2) is 7.48. The number of hydrogen-bond acceptors (Lipinski definition) is 5. The van der Waals surface area contributed by atoms with Crippen molar-refractivity contribution in [2.45, 2.75) is 19.3 Å². The lowest BCUT2D eigenvalue weighted by atomic mass is 10.2. The summed E-state index contributed by atoms with van der Waals surface area (Å²) in [4.78, 5) is 27.3. The third-order valence-electron chi connectivity index (χ3n) is 2.46. The Morgan fingerprint density at radius 1 is 1.38 bits per heavy atom. The van der Waals surface area contributed by atoms with Gasteiger partial charge in [-0.05, 0) is 50.8 Å². The molecule has 2 aromatic heterocycles. The lowest BCUT2D eigenvalue weighted by Gasteiger charge is -1.98. The Labute approximate surface area is 145 Å². The van der Waals surface area contributed by atoms with Crippen LogP contribution in [0.1, 0.15) is 28.2 Å². The predicted molar refractivity (Wildman–Crippen MR) is 90.4 cm³/mol. The number of aryl methyl sites for hydroxylation is 1. The van der Waals surface area contributed by atoms with Gasteiger partial charge in [-0.15, -0.1) is 22.7 Å². The van der Waals surface area contributed by atoms with Gasteiger partial charge < -0.3 is 5.11 Å². The molecule has 21 heavy (non-hydrogen) atoms. The molecule has 112 valence electrons. The van der Waals surface area contributed by atoms with Gasteiger partial charge in [0.05, 0.1) is 14.4 Å². The van der Waals surface area contributed by atoms with Crippen molar-refractivity contribution in [2.75, 3.05) is 5.32 Å². The highest BCUT2D eigenvalue weighted by Crippen LogP contribution is 2.32. The smallest absolute Gasteiger partial charge is 0.303 e. The van der Waals surface area contributed by atoms with E-state index in [-0.39, 0.29) is 12.3 Å². The molecule has 2 heterocycles. The first kappa shape index (κ1) is 16.6. The number of amides is 1. The molecule has 0 unspecified atom stereocenters. The first-order valence-electron chi connectivity index (χ1n) is 5.88. The number of carbonyl (C=O) groups is 2. The van der Waals surface area contributed by atoms with Crippen LogP contribution in [0.3, 0.4) is 0 Å². The fourth-order valence-electron chi connectivity index (χ4n) is 1.52. The van der Waals surface area contributed by atoms with Crippen molar-refractivity contribution in [3.8, 4) is 0 Å². The first-order chi connectivity index (χ1) is 9.95. The number of carboxylic acids is 1. The molecule has 0 aromatic carbocycles. The van der Waals surface area contributed by atoms with E-state index in [2.05, 4.69) is 42.2 Å². The van der Waals surface area contributed by atoms with Gasteiger partial charge in [0.15, 0.2) is 5.13 Å². The van der Waals surface area contributed by atoms with Crippen LogP contribution in [0.4, 0.5) is 5.13 Å². The molecule has 0 spiro atoms. The van der Waals surface area contributed by atoms with Crippen molar-refractivity contribution >= 4 is 71.5 Å². The highest BCUT2D eigenvalue weighted by Gasteiger charge is 2.14. The van der Waals surface area contributed by atoms with E-state index in [1.165, 1.54) is 22.7 Å². The molecule has 0 atom stereocenters. The molecular formula is C12H10Br2N2O3S2. The van der Waals surface area contributed by atoms with E-state index in [1.54, 1.807) is 6.07 Å². The minimum atomic E-state index is -0.812. The maximum atomic E-state index is 12.0. The number of thiophene rings is 1. The average molecular weight is 454 g/mol. The molecule has 0 aliphatic carbocycles. The van der Waals surface area contributed by atoms with Gasteiger partial charge in [-0.2, -0.15) is 0 Å². The molecule has 0 bridgehead atoms. The van der Waals surface area contributed by atoms with Crippen LogP contribution in [0, 0.1) is 0 Å². The van der Waals surface area contributed by atoms with Crippen LogP contribution in [0.15, 0.2) is 19.7 Å². The minimum absolute atomic E-state index is 0.121. The van der Waals surface area contributed by atoms with Crippen LogP contribution in [0.25, 0.3) is 0 Å². The van der Waals surface area contributed by atoms with Gasteiger partial charge in [0.25, 0.3) is 5.91 Å². The van der Waals surface area contributed by atoms with E-state index in [0.29, 0.717) is 22.9 Å². The topological polar surface area (TPSA) is 79.3 Å². The molecule has 0 saturated carbocycles. The summed E-state index contributed by atoms with van der Waals surface area (Å²) in [5.41, 5.74) is 0.796. The van der Waals surface area contributed by atoms with Gasteiger partial charge in [0, 0.05) is 16.3 Å². The second-order valence-electron chi connectivity index (χ2n) is 4.08. The third kappa shape index (κ3) is 4.87. The maximum Gasteiger partial charge on any atom is 0.303 e. The number of carboxylic acid groups (broad SMARTS) is 1. The van der Waals surface area contributed by atoms with E-state index in [1.807, 2.05) is 5.38 Å². The number of nitrogens with zero attached hydrogens (tertiary/aromatic N) is 1. The molecule has 0 fully saturated rings. The van der Waals surface area contributed by atoms with Crippen molar-refractivity contribution in [1.82, 2.24) is 4.98 Å². The summed E-state index contributed by atoms with van der Waals surface area (Å²) in [6.07, 6.45) is 1.25. The Kier molecular flexibility index (Phi) is 5.91. The molecule has 0 aliphatic rings. The zero-order chi connectivity index (χ0) is 15.4. The average Bonchev–Trinajstić information content (AvgIpc) is 2.97. The van der Waals surface area contributed by atoms with Gasteiger partial charge in [-0.3, -0.25) is 14.9 Å². The molecule has 1 amide bonds. The zero-order valence-corrected chi connectivity index (χ0v) is 15.4. The third-order valence-corrected chi connectivity index (χ3v) is 6.53. The molecule has 9 heteroatoms. The summed E-state index contributed by atoms with van der Waals surface area (Å²) in [5.74, 6) is -1.02. The number of aliphatic carboxylic acids is 1. The Morgan fingerprint density at radius 2 is 2.14 bits per heavy atom. The Morgan fingerprint density at radius 3 is 2.76 bits per heavy atom. The quantitative estimate of drug-likeness (QED) is 0.679. The lowest BCUT2D eigenvalue weighted by Crippen LogP contribution is -2.09. The van der Waals surface area contributed by atoms with E-state index >= 15 is 0 Å². The highest BCUT2D eigenvalue weighted by molar-refractivity contribution is 9.13. The van der Waals surface area contributed by atoms with Gasteiger partial charge in [-0.1, -0.05) is 0 Å². The summed E-state index contributed by atoms with van der Waals surface area (Å²) < 4.78 is 1.70. The number of carbonyl (C=O) groups excluding carboxylic acids is 1. The molecule has 0 saturated heterocycles. The largest absolute Gasteiger partial charge is 0.481 e. The number of aromatic nitrogens is 1. The van der Waals surface area contributed by atoms with Crippen LogP contribution in [-0.4, -0.2) is 22.0 Å². The molecule has 0 radical (unpaired) electrons. The Bertz CT molecular complexity index is 650. The van der Waals surface area contributed by atoms with Gasteiger partial charge >= 0.3 is 5.97 Å². The van der Waals surface area contributed by atoms with Crippen LogP contribution < -0.4 is 5.32 Å². The fraction of sp³-hybridized carbons (Fsp3) is 0.250. The molecule has 2 N–H and O–H groups in total. The summed E-state index contributed by atoms with van der Waals surface area (Å²) in [5, 5.41) is 13.7. The van der Waals surface area contributed by atoms with Gasteiger partial charge in [0.1, 0.15) is 0 Å². The normalized spacial score (nSPS) is 10.6. The molecule has 0 aliphatic heterocycles. The summed E-state index contributed by atoms with van der Waals surface area (Å²) in [6, 6.07) is 1.74. The highest BCUT2D eigenvalue weighted by atomic mass is 79.9. The summed E-state index contributed by atoms with van der Waals surface area (Å²) in [7, 11) is 0. The standard InChI is InChI=1S/C12H10Br2N2O3S2/c13-7-4-8(21-10(7)14)11(19)16-12-15-6(5-20-12)2-1-3-9(17)18/h4-5H,1-3H2,(H,17,18)(H,15,16,19). The van der Waals surface area contributed by atoms with Crippen molar-refractivity contribution < 1.29 is 14.7 Å². The Hall–Kier alpha value is -0.770. The van der Waals surface area contributed by atoms with Gasteiger partial charge in [-0.25, -0.2) is 4.98 Å². The molecule has 2 rings (SSSR count). The molecule has 5 nitrogen and oxygen atoms in total. The first-order valence-corrected chi connectivity index (χ1v) is 9.16. The van der Waals surface area contributed by atoms with Crippen molar-refractivity contribution in [3.05, 3.63) is 30.3 Å². The maximum absolute atomic E-state index is 12.0. The lowest BCUT2D eigenvalue weighted by molar-refractivity contribution is -0.137. The predicted octanol–water partition coefficient (Wildman–Crippen LogP) is 4.39. The fourth-order valence-corrected chi connectivity index (χ4v) is 4.19. The minimum Gasteiger partial charge on any atom is -0.481 e. The number of anilines is 1. The number of thiazole rings is 1. The molecule has 2 aromatic rings. The van der Waals surface area contributed by atoms with Crippen LogP contribution in [-0.2, 0) is 11.2 Å². The summed E-state index contributed by atoms with van der Waals surface area (Å²) >= 11 is 9.35. The Balaban J connectivity index is 1.92. The van der Waals surface area contributed by atoms with Crippen LogP contribution in [0.5, 0.6) is 0 Å². The van der Waals surface area contributed by atoms with E-state index < -0.39 is 5.97 Å². The van der Waals surface area contributed by atoms with Crippen molar-refractivity contribution in [1.29, 1.82) is 0 Å².